The third-order valence-corrected chi connectivity index (χ3v) is 5.34. The standard InChI is InChI=1S/C22H17Cl2N3O/c1-12-6-8-15(10-13(12)2)25-22(28)14-7-9-18-19(11-14)27-21(26-18)20-16(23)4-3-5-17(20)24/h3-11H,1-2H3,(H,25,28)(H,26,27). The zero-order valence-corrected chi connectivity index (χ0v) is 16.8. The maximum absolute atomic E-state index is 12.7. The number of aromatic amines is 1. The first kappa shape index (κ1) is 18.5. The second-order valence-electron chi connectivity index (χ2n) is 6.67. The fraction of sp³-hybridized carbons (Fsp3) is 0.0909. The van der Waals surface area contributed by atoms with Gasteiger partial charge in [-0.05, 0) is 67.4 Å². The van der Waals surface area contributed by atoms with Gasteiger partial charge in [-0.2, -0.15) is 0 Å². The van der Waals surface area contributed by atoms with Crippen molar-refractivity contribution in [3.63, 3.8) is 0 Å². The first-order valence-electron chi connectivity index (χ1n) is 8.75. The molecule has 0 aliphatic carbocycles. The highest BCUT2D eigenvalue weighted by Gasteiger charge is 2.14. The van der Waals surface area contributed by atoms with E-state index in [1.165, 1.54) is 5.56 Å². The highest BCUT2D eigenvalue weighted by atomic mass is 35.5. The molecule has 0 unspecified atom stereocenters. The maximum atomic E-state index is 12.7. The normalized spacial score (nSPS) is 11.0. The minimum absolute atomic E-state index is 0.183. The number of carbonyl (C=O) groups excluding carboxylic acids is 1. The Bertz CT molecular complexity index is 1190. The molecule has 4 nitrogen and oxygen atoms in total. The molecule has 4 rings (SSSR count). The van der Waals surface area contributed by atoms with Crippen molar-refractivity contribution >= 4 is 45.8 Å². The van der Waals surface area contributed by atoms with Crippen LogP contribution < -0.4 is 5.32 Å². The van der Waals surface area contributed by atoms with Crippen molar-refractivity contribution in [3.8, 4) is 11.4 Å². The Balaban J connectivity index is 1.66. The minimum Gasteiger partial charge on any atom is -0.338 e. The second-order valence-corrected chi connectivity index (χ2v) is 7.48. The summed E-state index contributed by atoms with van der Waals surface area (Å²) in [5, 5.41) is 3.96. The van der Waals surface area contributed by atoms with E-state index in [1.807, 2.05) is 32.0 Å². The number of H-pyrrole nitrogens is 1. The lowest BCUT2D eigenvalue weighted by atomic mass is 10.1. The number of imidazole rings is 1. The van der Waals surface area contributed by atoms with Crippen molar-refractivity contribution < 1.29 is 4.79 Å². The average Bonchev–Trinajstić information content (AvgIpc) is 3.07. The van der Waals surface area contributed by atoms with Gasteiger partial charge >= 0.3 is 0 Å². The molecule has 1 heterocycles. The van der Waals surface area contributed by atoms with E-state index < -0.39 is 0 Å². The molecular weight excluding hydrogens is 393 g/mol. The summed E-state index contributed by atoms with van der Waals surface area (Å²) in [7, 11) is 0. The van der Waals surface area contributed by atoms with Gasteiger partial charge in [0.2, 0.25) is 0 Å². The summed E-state index contributed by atoms with van der Waals surface area (Å²) >= 11 is 12.6. The van der Waals surface area contributed by atoms with Crippen LogP contribution in [-0.2, 0) is 0 Å². The number of rotatable bonds is 3. The Hall–Kier alpha value is -2.82. The minimum atomic E-state index is -0.183. The zero-order valence-electron chi connectivity index (χ0n) is 15.3. The molecule has 4 aromatic rings. The number of hydrogen-bond acceptors (Lipinski definition) is 2. The van der Waals surface area contributed by atoms with Gasteiger partial charge in [0.25, 0.3) is 5.91 Å². The Labute approximate surface area is 172 Å². The van der Waals surface area contributed by atoms with Gasteiger partial charge < -0.3 is 10.3 Å². The van der Waals surface area contributed by atoms with Crippen LogP contribution in [0.15, 0.2) is 54.6 Å². The van der Waals surface area contributed by atoms with Gasteiger partial charge in [0.05, 0.1) is 26.6 Å². The molecule has 2 N–H and O–H groups in total. The maximum Gasteiger partial charge on any atom is 0.255 e. The summed E-state index contributed by atoms with van der Waals surface area (Å²) in [4.78, 5) is 20.4. The van der Waals surface area contributed by atoms with Crippen LogP contribution in [0.4, 0.5) is 5.69 Å². The van der Waals surface area contributed by atoms with Gasteiger partial charge in [-0.1, -0.05) is 35.3 Å². The third kappa shape index (κ3) is 3.49. The highest BCUT2D eigenvalue weighted by Crippen LogP contribution is 2.34. The van der Waals surface area contributed by atoms with Crippen LogP contribution in [-0.4, -0.2) is 15.9 Å². The molecule has 0 spiro atoms. The smallest absolute Gasteiger partial charge is 0.255 e. The van der Waals surface area contributed by atoms with Crippen molar-refractivity contribution in [1.29, 1.82) is 0 Å². The predicted octanol–water partition coefficient (Wildman–Crippen LogP) is 6.41. The predicted molar refractivity (Wildman–Crippen MR) is 115 cm³/mol. The summed E-state index contributed by atoms with van der Waals surface area (Å²) in [6.07, 6.45) is 0. The van der Waals surface area contributed by atoms with Crippen LogP contribution in [0.5, 0.6) is 0 Å². The molecule has 0 saturated carbocycles. The van der Waals surface area contributed by atoms with E-state index in [1.54, 1.807) is 36.4 Å². The molecule has 0 aliphatic rings. The third-order valence-electron chi connectivity index (χ3n) is 4.71. The molecule has 1 amide bonds. The van der Waals surface area contributed by atoms with Crippen LogP contribution in [0, 0.1) is 13.8 Å². The number of anilines is 1. The number of nitrogens with zero attached hydrogens (tertiary/aromatic N) is 1. The topological polar surface area (TPSA) is 57.8 Å². The molecule has 1 aromatic heterocycles. The summed E-state index contributed by atoms with van der Waals surface area (Å²) in [6, 6.07) is 16.5. The van der Waals surface area contributed by atoms with Gasteiger partial charge in [0.15, 0.2) is 0 Å². The largest absolute Gasteiger partial charge is 0.338 e. The summed E-state index contributed by atoms with van der Waals surface area (Å²) in [5.41, 5.74) is 5.72. The number of carbonyl (C=O) groups is 1. The quantitative estimate of drug-likeness (QED) is 0.410. The van der Waals surface area contributed by atoms with Crippen LogP contribution in [0.3, 0.4) is 0 Å². The van der Waals surface area contributed by atoms with Gasteiger partial charge in [0, 0.05) is 11.3 Å². The van der Waals surface area contributed by atoms with E-state index in [9.17, 15) is 4.79 Å². The number of amides is 1. The first-order chi connectivity index (χ1) is 13.4. The van der Waals surface area contributed by atoms with E-state index in [2.05, 4.69) is 15.3 Å². The lowest BCUT2D eigenvalue weighted by Gasteiger charge is -2.07. The molecule has 140 valence electrons. The van der Waals surface area contributed by atoms with Crippen LogP contribution in [0.2, 0.25) is 10.0 Å². The first-order valence-corrected chi connectivity index (χ1v) is 9.51. The number of aromatic nitrogens is 2. The lowest BCUT2D eigenvalue weighted by Crippen LogP contribution is -2.11. The van der Waals surface area contributed by atoms with E-state index in [0.717, 1.165) is 22.3 Å². The van der Waals surface area contributed by atoms with Gasteiger partial charge in [-0.25, -0.2) is 4.98 Å². The van der Waals surface area contributed by atoms with E-state index in [0.29, 0.717) is 27.0 Å². The molecular formula is C22H17Cl2N3O. The Morgan fingerprint density at radius 1 is 0.964 bits per heavy atom. The van der Waals surface area contributed by atoms with Crippen LogP contribution >= 0.6 is 23.2 Å². The van der Waals surface area contributed by atoms with Crippen molar-refractivity contribution in [2.75, 3.05) is 5.32 Å². The molecule has 6 heteroatoms. The molecule has 0 radical (unpaired) electrons. The van der Waals surface area contributed by atoms with Crippen LogP contribution in [0.1, 0.15) is 21.5 Å². The highest BCUT2D eigenvalue weighted by molar-refractivity contribution is 6.39. The van der Waals surface area contributed by atoms with E-state index in [4.69, 9.17) is 23.2 Å². The molecule has 3 aromatic carbocycles. The zero-order chi connectivity index (χ0) is 19.8. The summed E-state index contributed by atoms with van der Waals surface area (Å²) in [5.74, 6) is 0.384. The number of aryl methyl sites for hydroxylation is 2. The molecule has 0 fully saturated rings. The second kappa shape index (κ2) is 7.30. The van der Waals surface area contributed by atoms with E-state index >= 15 is 0 Å². The molecule has 0 aliphatic heterocycles. The summed E-state index contributed by atoms with van der Waals surface area (Å²) in [6.45, 7) is 4.05. The number of fused-ring (bicyclic) bond motifs is 1. The van der Waals surface area contributed by atoms with Crippen LogP contribution in [0.25, 0.3) is 22.4 Å². The van der Waals surface area contributed by atoms with Crippen molar-refractivity contribution in [2.24, 2.45) is 0 Å². The molecule has 0 atom stereocenters. The number of halogens is 2. The molecule has 0 saturated heterocycles. The van der Waals surface area contributed by atoms with Crippen molar-refractivity contribution in [2.45, 2.75) is 13.8 Å². The van der Waals surface area contributed by atoms with Gasteiger partial charge in [-0.3, -0.25) is 4.79 Å². The average molecular weight is 410 g/mol. The van der Waals surface area contributed by atoms with Gasteiger partial charge in [-0.15, -0.1) is 0 Å². The lowest BCUT2D eigenvalue weighted by molar-refractivity contribution is 0.102. The number of nitrogens with one attached hydrogen (secondary N) is 2. The Morgan fingerprint density at radius 2 is 1.71 bits per heavy atom. The summed E-state index contributed by atoms with van der Waals surface area (Å²) < 4.78 is 0. The Kier molecular flexibility index (Phi) is 4.84. The Morgan fingerprint density at radius 3 is 2.43 bits per heavy atom. The van der Waals surface area contributed by atoms with Gasteiger partial charge in [0.1, 0.15) is 5.82 Å². The number of benzene rings is 3. The van der Waals surface area contributed by atoms with Crippen molar-refractivity contribution in [3.05, 3.63) is 81.3 Å². The van der Waals surface area contributed by atoms with E-state index in [-0.39, 0.29) is 5.91 Å². The number of hydrogen-bond donors (Lipinski definition) is 2. The molecule has 0 bridgehead atoms. The SMILES string of the molecule is Cc1ccc(NC(=O)c2ccc3nc(-c4c(Cl)cccc4Cl)[nH]c3c2)cc1C. The van der Waals surface area contributed by atoms with Crippen molar-refractivity contribution in [1.82, 2.24) is 9.97 Å². The fourth-order valence-electron chi connectivity index (χ4n) is 3.02. The monoisotopic (exact) mass is 409 g/mol. The fourth-order valence-corrected chi connectivity index (χ4v) is 3.59. The molecule has 28 heavy (non-hydrogen) atoms.